The topological polar surface area (TPSA) is 35.5 Å². The molecule has 1 heterocycles. The maximum Gasteiger partial charge on any atom is 0.335 e. The summed E-state index contributed by atoms with van der Waals surface area (Å²) < 4.78 is 9.86. The first kappa shape index (κ1) is 6.55. The highest BCUT2D eigenvalue weighted by molar-refractivity contribution is 5.74. The molecule has 1 fully saturated rings. The van der Waals surface area contributed by atoms with Crippen molar-refractivity contribution in [1.82, 2.24) is 0 Å². The summed E-state index contributed by atoms with van der Waals surface area (Å²) in [5, 5.41) is 0. The van der Waals surface area contributed by atoms with Gasteiger partial charge in [-0.3, -0.25) is 0 Å². The first-order valence-corrected chi connectivity index (χ1v) is 3.02. The van der Waals surface area contributed by atoms with E-state index in [0.29, 0.717) is 6.61 Å². The van der Waals surface area contributed by atoms with E-state index in [4.69, 9.17) is 9.47 Å². The van der Waals surface area contributed by atoms with Crippen LogP contribution in [0.15, 0.2) is 0 Å². The minimum absolute atomic E-state index is 0.0753. The lowest BCUT2D eigenvalue weighted by molar-refractivity contribution is -0.179. The summed E-state index contributed by atoms with van der Waals surface area (Å²) >= 11 is 0. The Morgan fingerprint density at radius 1 is 1.56 bits per heavy atom. The standard InChI is InChI=1S/C6H10O3/c1-4-3-8-5(2)6(7)9-4/h4-5H,3H2,1-2H3/t4-,5-/m1/s1. The van der Waals surface area contributed by atoms with E-state index in [0.717, 1.165) is 0 Å². The quantitative estimate of drug-likeness (QED) is 0.443. The summed E-state index contributed by atoms with van der Waals surface area (Å²) in [5.74, 6) is -0.256. The van der Waals surface area contributed by atoms with Gasteiger partial charge in [0.05, 0.1) is 6.61 Å². The number of rotatable bonds is 0. The van der Waals surface area contributed by atoms with Crippen LogP contribution in [-0.4, -0.2) is 24.8 Å². The molecule has 0 amide bonds. The van der Waals surface area contributed by atoms with E-state index in [1.807, 2.05) is 6.92 Å². The van der Waals surface area contributed by atoms with Crippen molar-refractivity contribution in [3.05, 3.63) is 0 Å². The number of hydrogen-bond acceptors (Lipinski definition) is 3. The van der Waals surface area contributed by atoms with Crippen molar-refractivity contribution in [3.63, 3.8) is 0 Å². The fourth-order valence-corrected chi connectivity index (χ4v) is 0.676. The van der Waals surface area contributed by atoms with Crippen molar-refractivity contribution in [1.29, 1.82) is 0 Å². The van der Waals surface area contributed by atoms with Gasteiger partial charge < -0.3 is 9.47 Å². The third-order valence-electron chi connectivity index (χ3n) is 1.23. The minimum atomic E-state index is -0.374. The molecule has 3 heteroatoms. The Morgan fingerprint density at radius 3 is 2.67 bits per heavy atom. The van der Waals surface area contributed by atoms with Crippen LogP contribution < -0.4 is 0 Å². The Hall–Kier alpha value is -0.570. The molecule has 2 atom stereocenters. The largest absolute Gasteiger partial charge is 0.458 e. The Morgan fingerprint density at radius 2 is 2.22 bits per heavy atom. The highest BCUT2D eigenvalue weighted by Crippen LogP contribution is 2.06. The Balaban J connectivity index is 2.44. The zero-order valence-electron chi connectivity index (χ0n) is 5.59. The van der Waals surface area contributed by atoms with Crippen LogP contribution in [0.25, 0.3) is 0 Å². The molecule has 0 aromatic carbocycles. The van der Waals surface area contributed by atoms with E-state index in [9.17, 15) is 4.79 Å². The normalized spacial score (nSPS) is 36.0. The van der Waals surface area contributed by atoms with Crippen LogP contribution in [0.1, 0.15) is 13.8 Å². The molecule has 3 nitrogen and oxygen atoms in total. The summed E-state index contributed by atoms with van der Waals surface area (Å²) in [6.45, 7) is 4.02. The molecular weight excluding hydrogens is 120 g/mol. The van der Waals surface area contributed by atoms with Gasteiger partial charge in [-0.25, -0.2) is 4.79 Å². The van der Waals surface area contributed by atoms with Gasteiger partial charge in [0.15, 0.2) is 6.10 Å². The smallest absolute Gasteiger partial charge is 0.335 e. The van der Waals surface area contributed by atoms with Gasteiger partial charge in [0, 0.05) is 0 Å². The molecule has 0 unspecified atom stereocenters. The van der Waals surface area contributed by atoms with Crippen LogP contribution in [0, 0.1) is 0 Å². The molecule has 0 saturated carbocycles. The Bertz CT molecular complexity index is 121. The van der Waals surface area contributed by atoms with Crippen molar-refractivity contribution >= 4 is 5.97 Å². The zero-order chi connectivity index (χ0) is 6.85. The number of carbonyl (C=O) groups excluding carboxylic acids is 1. The molecule has 0 bridgehead atoms. The van der Waals surface area contributed by atoms with Crippen LogP contribution in [-0.2, 0) is 14.3 Å². The second-order valence-corrected chi connectivity index (χ2v) is 2.22. The highest BCUT2D eigenvalue weighted by atomic mass is 16.6. The first-order chi connectivity index (χ1) is 4.20. The third kappa shape index (κ3) is 1.42. The van der Waals surface area contributed by atoms with E-state index < -0.39 is 0 Å². The van der Waals surface area contributed by atoms with Crippen molar-refractivity contribution in [2.45, 2.75) is 26.1 Å². The zero-order valence-corrected chi connectivity index (χ0v) is 5.59. The molecule has 1 aliphatic rings. The number of hydrogen-bond donors (Lipinski definition) is 0. The lowest BCUT2D eigenvalue weighted by atomic mass is 10.3. The molecule has 0 N–H and O–H groups in total. The van der Waals surface area contributed by atoms with Crippen LogP contribution in [0.2, 0.25) is 0 Å². The van der Waals surface area contributed by atoms with Crippen LogP contribution >= 0.6 is 0 Å². The molecule has 1 saturated heterocycles. The summed E-state index contributed by atoms with van der Waals surface area (Å²) in [7, 11) is 0. The van der Waals surface area contributed by atoms with Crippen LogP contribution in [0.4, 0.5) is 0 Å². The fraction of sp³-hybridized carbons (Fsp3) is 0.833. The Labute approximate surface area is 53.9 Å². The average Bonchev–Trinajstić information content (AvgIpc) is 1.80. The Kier molecular flexibility index (Phi) is 1.71. The molecule has 0 spiro atoms. The SMILES string of the molecule is C[C@@H]1CO[C@H](C)C(=O)O1. The van der Waals surface area contributed by atoms with Gasteiger partial charge >= 0.3 is 5.97 Å². The number of esters is 1. The molecular formula is C6H10O3. The molecule has 9 heavy (non-hydrogen) atoms. The first-order valence-electron chi connectivity index (χ1n) is 3.02. The minimum Gasteiger partial charge on any atom is -0.458 e. The van der Waals surface area contributed by atoms with Gasteiger partial charge in [0.2, 0.25) is 0 Å². The van der Waals surface area contributed by atoms with Crippen molar-refractivity contribution in [3.8, 4) is 0 Å². The van der Waals surface area contributed by atoms with Crippen molar-refractivity contribution in [2.24, 2.45) is 0 Å². The predicted molar refractivity (Wildman–Crippen MR) is 31.0 cm³/mol. The third-order valence-corrected chi connectivity index (χ3v) is 1.23. The highest BCUT2D eigenvalue weighted by Gasteiger charge is 2.23. The van der Waals surface area contributed by atoms with Gasteiger partial charge in [-0.1, -0.05) is 0 Å². The van der Waals surface area contributed by atoms with Crippen molar-refractivity contribution in [2.75, 3.05) is 6.61 Å². The van der Waals surface area contributed by atoms with Crippen LogP contribution in [0.3, 0.4) is 0 Å². The summed E-state index contributed by atoms with van der Waals surface area (Å²) in [4.78, 5) is 10.7. The molecule has 1 aliphatic heterocycles. The monoisotopic (exact) mass is 130 g/mol. The average molecular weight is 130 g/mol. The fourth-order valence-electron chi connectivity index (χ4n) is 0.676. The molecule has 52 valence electrons. The van der Waals surface area contributed by atoms with Gasteiger partial charge in [0.25, 0.3) is 0 Å². The molecule has 0 aliphatic carbocycles. The van der Waals surface area contributed by atoms with Gasteiger partial charge in [0.1, 0.15) is 6.10 Å². The predicted octanol–water partition coefficient (Wildman–Crippen LogP) is 0.337. The number of cyclic esters (lactones) is 1. The van der Waals surface area contributed by atoms with Gasteiger partial charge in [-0.05, 0) is 13.8 Å². The number of ether oxygens (including phenoxy) is 2. The van der Waals surface area contributed by atoms with Crippen molar-refractivity contribution < 1.29 is 14.3 Å². The molecule has 1 rings (SSSR count). The maximum atomic E-state index is 10.7. The maximum absolute atomic E-state index is 10.7. The van der Waals surface area contributed by atoms with Crippen LogP contribution in [0.5, 0.6) is 0 Å². The van der Waals surface area contributed by atoms with E-state index in [2.05, 4.69) is 0 Å². The second-order valence-electron chi connectivity index (χ2n) is 2.22. The van der Waals surface area contributed by atoms with E-state index in [1.165, 1.54) is 0 Å². The molecule has 0 aromatic rings. The van der Waals surface area contributed by atoms with E-state index >= 15 is 0 Å². The lowest BCUT2D eigenvalue weighted by Gasteiger charge is -2.23. The second kappa shape index (κ2) is 2.35. The van der Waals surface area contributed by atoms with E-state index in [1.54, 1.807) is 6.92 Å². The molecule has 0 aromatic heterocycles. The number of carbonyl (C=O) groups is 1. The molecule has 0 radical (unpaired) electrons. The summed E-state index contributed by atoms with van der Waals surface area (Å²) in [6.07, 6.45) is -0.449. The summed E-state index contributed by atoms with van der Waals surface area (Å²) in [5.41, 5.74) is 0. The van der Waals surface area contributed by atoms with Gasteiger partial charge in [-0.2, -0.15) is 0 Å². The summed E-state index contributed by atoms with van der Waals surface area (Å²) in [6, 6.07) is 0. The lowest BCUT2D eigenvalue weighted by Crippen LogP contribution is -2.36. The van der Waals surface area contributed by atoms with Gasteiger partial charge in [-0.15, -0.1) is 0 Å². The van der Waals surface area contributed by atoms with E-state index in [-0.39, 0.29) is 18.2 Å².